The second-order valence-electron chi connectivity index (χ2n) is 7.51. The Morgan fingerprint density at radius 1 is 0.828 bits per heavy atom. The standard InChI is InChI=1S/C24H20F2N2S/c1-15-12-16(14-29-15)20-6-4-8-22(27-20)24(2,3)23-9-5-7-21(28-23)18-11-10-17(25)13-19(18)26/h4-14H,1-3H3. The van der Waals surface area contributed by atoms with Crippen LogP contribution in [-0.4, -0.2) is 9.97 Å². The quantitative estimate of drug-likeness (QED) is 0.373. The molecule has 1 aromatic carbocycles. The minimum Gasteiger partial charge on any atom is -0.252 e. The molecule has 29 heavy (non-hydrogen) atoms. The molecular weight excluding hydrogens is 386 g/mol. The fourth-order valence-electron chi connectivity index (χ4n) is 3.28. The SMILES string of the molecule is Cc1cc(-c2cccc(C(C)(C)c3cccc(-c4ccc(F)cc4F)n3)n2)cs1. The van der Waals surface area contributed by atoms with Crippen LogP contribution in [0.2, 0.25) is 0 Å². The lowest BCUT2D eigenvalue weighted by Crippen LogP contribution is -2.22. The molecule has 2 nitrogen and oxygen atoms in total. The van der Waals surface area contributed by atoms with E-state index in [0.717, 1.165) is 28.7 Å². The molecule has 4 aromatic rings. The summed E-state index contributed by atoms with van der Waals surface area (Å²) in [6.45, 7) is 6.17. The van der Waals surface area contributed by atoms with Crippen molar-refractivity contribution in [2.75, 3.05) is 0 Å². The van der Waals surface area contributed by atoms with Crippen LogP contribution in [0.5, 0.6) is 0 Å². The number of thiophene rings is 1. The first-order valence-corrected chi connectivity index (χ1v) is 10.2. The van der Waals surface area contributed by atoms with Gasteiger partial charge in [0, 0.05) is 32.9 Å². The Labute approximate surface area is 172 Å². The van der Waals surface area contributed by atoms with Gasteiger partial charge in [0.2, 0.25) is 0 Å². The Bertz CT molecular complexity index is 1180. The van der Waals surface area contributed by atoms with E-state index in [-0.39, 0.29) is 5.56 Å². The fourth-order valence-corrected chi connectivity index (χ4v) is 3.98. The van der Waals surface area contributed by atoms with Gasteiger partial charge >= 0.3 is 0 Å². The summed E-state index contributed by atoms with van der Waals surface area (Å²) >= 11 is 1.70. The third-order valence-electron chi connectivity index (χ3n) is 5.01. The van der Waals surface area contributed by atoms with E-state index in [1.165, 1.54) is 17.0 Å². The van der Waals surface area contributed by atoms with Gasteiger partial charge < -0.3 is 0 Å². The molecule has 0 spiro atoms. The maximum Gasteiger partial charge on any atom is 0.135 e. The molecule has 0 aliphatic carbocycles. The van der Waals surface area contributed by atoms with Crippen molar-refractivity contribution in [1.29, 1.82) is 0 Å². The second kappa shape index (κ2) is 7.48. The Hall–Kier alpha value is -2.92. The summed E-state index contributed by atoms with van der Waals surface area (Å²) in [6.07, 6.45) is 0. The van der Waals surface area contributed by atoms with Gasteiger partial charge in [0.05, 0.1) is 22.8 Å². The normalized spacial score (nSPS) is 11.6. The predicted octanol–water partition coefficient (Wildman–Crippen LogP) is 6.78. The van der Waals surface area contributed by atoms with Crippen molar-refractivity contribution in [2.24, 2.45) is 0 Å². The van der Waals surface area contributed by atoms with Gasteiger partial charge in [0.25, 0.3) is 0 Å². The number of benzene rings is 1. The van der Waals surface area contributed by atoms with Crippen molar-refractivity contribution in [3.05, 3.63) is 93.9 Å². The molecule has 0 aliphatic heterocycles. The topological polar surface area (TPSA) is 25.8 Å². The number of pyridine rings is 2. The molecular formula is C24H20F2N2S. The molecule has 4 rings (SSSR count). The van der Waals surface area contributed by atoms with Gasteiger partial charge in [0.1, 0.15) is 11.6 Å². The van der Waals surface area contributed by atoms with Crippen LogP contribution in [0.3, 0.4) is 0 Å². The van der Waals surface area contributed by atoms with Crippen LogP contribution in [0, 0.1) is 18.6 Å². The highest BCUT2D eigenvalue weighted by Gasteiger charge is 2.27. The van der Waals surface area contributed by atoms with E-state index in [9.17, 15) is 8.78 Å². The molecule has 0 radical (unpaired) electrons. The molecule has 0 atom stereocenters. The van der Waals surface area contributed by atoms with Crippen LogP contribution in [-0.2, 0) is 5.41 Å². The summed E-state index contributed by atoms with van der Waals surface area (Å²) in [5.74, 6) is -1.23. The Morgan fingerprint density at radius 2 is 1.48 bits per heavy atom. The van der Waals surface area contributed by atoms with Crippen molar-refractivity contribution < 1.29 is 8.78 Å². The molecule has 0 bridgehead atoms. The van der Waals surface area contributed by atoms with Gasteiger partial charge in [-0.05, 0) is 63.2 Å². The van der Waals surface area contributed by atoms with Crippen LogP contribution >= 0.6 is 11.3 Å². The third-order valence-corrected chi connectivity index (χ3v) is 5.87. The number of hydrogen-bond acceptors (Lipinski definition) is 3. The Balaban J connectivity index is 1.74. The first-order valence-electron chi connectivity index (χ1n) is 9.30. The zero-order chi connectivity index (χ0) is 20.6. The van der Waals surface area contributed by atoms with Crippen molar-refractivity contribution in [2.45, 2.75) is 26.2 Å². The minimum absolute atomic E-state index is 0.277. The first-order chi connectivity index (χ1) is 13.8. The lowest BCUT2D eigenvalue weighted by atomic mass is 9.84. The van der Waals surface area contributed by atoms with E-state index in [0.29, 0.717) is 5.69 Å². The van der Waals surface area contributed by atoms with Crippen molar-refractivity contribution in [3.63, 3.8) is 0 Å². The zero-order valence-corrected chi connectivity index (χ0v) is 17.2. The Morgan fingerprint density at radius 3 is 2.10 bits per heavy atom. The molecule has 3 heterocycles. The number of hydrogen-bond donors (Lipinski definition) is 0. The molecule has 3 aromatic heterocycles. The Kier molecular flexibility index (Phi) is 5.01. The van der Waals surface area contributed by atoms with Crippen molar-refractivity contribution >= 4 is 11.3 Å². The van der Waals surface area contributed by atoms with E-state index in [1.807, 2.05) is 44.2 Å². The maximum atomic E-state index is 14.2. The van der Waals surface area contributed by atoms with E-state index >= 15 is 0 Å². The van der Waals surface area contributed by atoms with Gasteiger partial charge in [-0.15, -0.1) is 11.3 Å². The summed E-state index contributed by atoms with van der Waals surface area (Å²) in [6, 6.07) is 17.1. The summed E-state index contributed by atoms with van der Waals surface area (Å²) in [5, 5.41) is 2.10. The lowest BCUT2D eigenvalue weighted by molar-refractivity contribution is 0.583. The predicted molar refractivity (Wildman–Crippen MR) is 114 cm³/mol. The fraction of sp³-hybridized carbons (Fsp3) is 0.167. The number of aryl methyl sites for hydroxylation is 1. The molecule has 5 heteroatoms. The van der Waals surface area contributed by atoms with Crippen molar-refractivity contribution in [1.82, 2.24) is 9.97 Å². The van der Waals surface area contributed by atoms with Crippen LogP contribution in [0.15, 0.2) is 66.0 Å². The minimum atomic E-state index is -0.625. The zero-order valence-electron chi connectivity index (χ0n) is 16.4. The number of nitrogens with zero attached hydrogens (tertiary/aromatic N) is 2. The molecule has 0 saturated carbocycles. The van der Waals surface area contributed by atoms with Gasteiger partial charge in [-0.25, -0.2) is 8.78 Å². The highest BCUT2D eigenvalue weighted by molar-refractivity contribution is 7.10. The monoisotopic (exact) mass is 406 g/mol. The lowest BCUT2D eigenvalue weighted by Gasteiger charge is -2.24. The van der Waals surface area contributed by atoms with Crippen LogP contribution in [0.4, 0.5) is 8.78 Å². The van der Waals surface area contributed by atoms with Crippen LogP contribution in [0.1, 0.15) is 30.1 Å². The number of halogens is 2. The summed E-state index contributed by atoms with van der Waals surface area (Å²) < 4.78 is 27.5. The second-order valence-corrected chi connectivity index (χ2v) is 8.63. The molecule has 0 unspecified atom stereocenters. The average Bonchev–Trinajstić information content (AvgIpc) is 3.14. The van der Waals surface area contributed by atoms with E-state index < -0.39 is 17.0 Å². The van der Waals surface area contributed by atoms with E-state index in [4.69, 9.17) is 4.98 Å². The van der Waals surface area contributed by atoms with Gasteiger partial charge in [-0.2, -0.15) is 0 Å². The van der Waals surface area contributed by atoms with Gasteiger partial charge in [-0.3, -0.25) is 9.97 Å². The summed E-state index contributed by atoms with van der Waals surface area (Å²) in [5.41, 5.74) is 3.92. The van der Waals surface area contributed by atoms with Gasteiger partial charge in [0.15, 0.2) is 0 Å². The van der Waals surface area contributed by atoms with Crippen LogP contribution < -0.4 is 0 Å². The van der Waals surface area contributed by atoms with Crippen molar-refractivity contribution in [3.8, 4) is 22.5 Å². The maximum absolute atomic E-state index is 14.2. The number of rotatable bonds is 4. The summed E-state index contributed by atoms with van der Waals surface area (Å²) in [4.78, 5) is 10.8. The van der Waals surface area contributed by atoms with Crippen LogP contribution in [0.25, 0.3) is 22.5 Å². The molecule has 0 fully saturated rings. The molecule has 0 N–H and O–H groups in total. The van der Waals surface area contributed by atoms with Gasteiger partial charge in [-0.1, -0.05) is 12.1 Å². The molecule has 0 amide bonds. The highest BCUT2D eigenvalue weighted by Crippen LogP contribution is 2.33. The smallest absolute Gasteiger partial charge is 0.135 e. The molecule has 0 aliphatic rings. The van der Waals surface area contributed by atoms with E-state index in [1.54, 1.807) is 17.4 Å². The third kappa shape index (κ3) is 3.83. The molecule has 0 saturated heterocycles. The largest absolute Gasteiger partial charge is 0.252 e. The summed E-state index contributed by atoms with van der Waals surface area (Å²) in [7, 11) is 0. The first kappa shape index (κ1) is 19.4. The average molecular weight is 407 g/mol. The molecule has 146 valence electrons. The highest BCUT2D eigenvalue weighted by atomic mass is 32.1. The van der Waals surface area contributed by atoms with E-state index in [2.05, 4.69) is 23.4 Å². The number of aromatic nitrogens is 2.